The highest BCUT2D eigenvalue weighted by atomic mass is 35.5. The maximum atomic E-state index is 5.75. The lowest BCUT2D eigenvalue weighted by molar-refractivity contribution is 0.359. The zero-order chi connectivity index (χ0) is 8.81. The second-order valence-corrected chi connectivity index (χ2v) is 2.82. The molecule has 0 aliphatic carbocycles. The molecular formula is C10H11ClO. The zero-order valence-electron chi connectivity index (χ0n) is 6.96. The summed E-state index contributed by atoms with van der Waals surface area (Å²) in [6, 6.07) is 9.61. The van der Waals surface area contributed by atoms with Gasteiger partial charge in [-0.3, -0.25) is 0 Å². The van der Waals surface area contributed by atoms with Gasteiger partial charge in [0.15, 0.2) is 0 Å². The minimum absolute atomic E-state index is 0.446. The predicted molar refractivity (Wildman–Crippen MR) is 51.5 cm³/mol. The highest BCUT2D eigenvalue weighted by Gasteiger charge is 1.92. The van der Waals surface area contributed by atoms with Gasteiger partial charge in [0.2, 0.25) is 0 Å². The van der Waals surface area contributed by atoms with Crippen molar-refractivity contribution in [1.29, 1.82) is 0 Å². The topological polar surface area (TPSA) is 9.23 Å². The molecule has 0 saturated carbocycles. The first-order valence-electron chi connectivity index (χ1n) is 3.81. The largest absolute Gasteiger partial charge is 0.488 e. The fourth-order valence-electron chi connectivity index (χ4n) is 0.752. The summed E-state index contributed by atoms with van der Waals surface area (Å²) < 4.78 is 5.36. The normalized spacial score (nSPS) is 11.3. The predicted octanol–water partition coefficient (Wildman–Crippen LogP) is 3.21. The lowest BCUT2D eigenvalue weighted by atomic mass is 10.3. The summed E-state index contributed by atoms with van der Waals surface area (Å²) in [7, 11) is 0. The van der Waals surface area contributed by atoms with Crippen LogP contribution in [0.3, 0.4) is 0 Å². The van der Waals surface area contributed by atoms with Crippen molar-refractivity contribution in [2.75, 3.05) is 6.61 Å². The third kappa shape index (κ3) is 2.97. The number of ether oxygens (including phenoxy) is 1. The molecule has 0 heterocycles. The van der Waals surface area contributed by atoms with Gasteiger partial charge in [-0.05, 0) is 19.1 Å². The molecule has 0 atom stereocenters. The lowest BCUT2D eigenvalue weighted by Crippen LogP contribution is -1.96. The molecule has 2 heteroatoms. The van der Waals surface area contributed by atoms with Crippen molar-refractivity contribution in [2.24, 2.45) is 0 Å². The van der Waals surface area contributed by atoms with E-state index in [1.165, 1.54) is 0 Å². The maximum Gasteiger partial charge on any atom is 0.123 e. The summed E-state index contributed by atoms with van der Waals surface area (Å²) in [5.41, 5.74) is 0. The summed E-state index contributed by atoms with van der Waals surface area (Å²) in [5, 5.41) is 0.721. The van der Waals surface area contributed by atoms with Gasteiger partial charge < -0.3 is 4.74 Å². The van der Waals surface area contributed by atoms with E-state index in [4.69, 9.17) is 16.3 Å². The second kappa shape index (κ2) is 4.83. The first kappa shape index (κ1) is 9.14. The smallest absolute Gasteiger partial charge is 0.123 e. The fraction of sp³-hybridized carbons (Fsp3) is 0.200. The van der Waals surface area contributed by atoms with Crippen molar-refractivity contribution < 1.29 is 4.74 Å². The van der Waals surface area contributed by atoms with Crippen LogP contribution in [-0.4, -0.2) is 6.61 Å². The van der Waals surface area contributed by atoms with Crippen molar-refractivity contribution >= 4 is 11.6 Å². The quantitative estimate of drug-likeness (QED) is 0.698. The number of hydrogen-bond donors (Lipinski definition) is 0. The molecule has 0 fully saturated rings. The standard InChI is InChI=1S/C10H11ClO/c1-2-9(11)8-12-10-6-4-3-5-7-10/h2-7H,8H2,1H3/b9-2-. The van der Waals surface area contributed by atoms with Crippen molar-refractivity contribution in [2.45, 2.75) is 6.92 Å². The summed E-state index contributed by atoms with van der Waals surface area (Å²) >= 11 is 5.75. The van der Waals surface area contributed by atoms with E-state index in [1.54, 1.807) is 0 Å². The summed E-state index contributed by atoms with van der Waals surface area (Å²) in [6.45, 7) is 2.33. The molecule has 0 aliphatic heterocycles. The van der Waals surface area contributed by atoms with Crippen LogP contribution in [0, 0.1) is 0 Å². The number of para-hydroxylation sites is 1. The molecule has 0 aromatic heterocycles. The van der Waals surface area contributed by atoms with Crippen LogP contribution in [0.15, 0.2) is 41.4 Å². The molecule has 12 heavy (non-hydrogen) atoms. The first-order chi connectivity index (χ1) is 5.83. The molecule has 0 unspecified atom stereocenters. The van der Waals surface area contributed by atoms with E-state index in [0.717, 1.165) is 10.8 Å². The average molecular weight is 183 g/mol. The zero-order valence-corrected chi connectivity index (χ0v) is 7.71. The highest BCUT2D eigenvalue weighted by molar-refractivity contribution is 6.29. The van der Waals surface area contributed by atoms with E-state index in [9.17, 15) is 0 Å². The van der Waals surface area contributed by atoms with Gasteiger partial charge in [-0.1, -0.05) is 35.9 Å². The number of benzene rings is 1. The molecule has 0 radical (unpaired) electrons. The Bertz CT molecular complexity index is 254. The van der Waals surface area contributed by atoms with Gasteiger partial charge in [-0.2, -0.15) is 0 Å². The Labute approximate surface area is 77.6 Å². The summed E-state index contributed by atoms with van der Waals surface area (Å²) in [5.74, 6) is 0.845. The van der Waals surface area contributed by atoms with Gasteiger partial charge in [-0.15, -0.1) is 0 Å². The Morgan fingerprint density at radius 3 is 2.67 bits per heavy atom. The molecule has 0 aliphatic rings. The van der Waals surface area contributed by atoms with Crippen LogP contribution in [0.4, 0.5) is 0 Å². The Hall–Kier alpha value is -0.950. The summed E-state index contributed by atoms with van der Waals surface area (Å²) in [4.78, 5) is 0. The molecule has 1 aromatic rings. The minimum Gasteiger partial charge on any atom is -0.488 e. The Morgan fingerprint density at radius 2 is 2.08 bits per heavy atom. The van der Waals surface area contributed by atoms with Crippen LogP contribution in [0.5, 0.6) is 5.75 Å². The molecule has 1 nitrogen and oxygen atoms in total. The van der Waals surface area contributed by atoms with Gasteiger partial charge in [0.1, 0.15) is 12.4 Å². The molecule has 1 rings (SSSR count). The van der Waals surface area contributed by atoms with E-state index in [1.807, 2.05) is 43.3 Å². The summed E-state index contributed by atoms with van der Waals surface area (Å²) in [6.07, 6.45) is 1.82. The number of allylic oxidation sites excluding steroid dienone is 1. The first-order valence-corrected chi connectivity index (χ1v) is 4.19. The minimum atomic E-state index is 0.446. The number of hydrogen-bond acceptors (Lipinski definition) is 1. The molecule has 0 N–H and O–H groups in total. The Balaban J connectivity index is 2.44. The molecule has 64 valence electrons. The van der Waals surface area contributed by atoms with Crippen molar-refractivity contribution in [3.8, 4) is 5.75 Å². The Kier molecular flexibility index (Phi) is 3.68. The van der Waals surface area contributed by atoms with Crippen LogP contribution < -0.4 is 4.74 Å². The van der Waals surface area contributed by atoms with Gasteiger partial charge in [0.25, 0.3) is 0 Å². The average Bonchev–Trinajstić information content (AvgIpc) is 2.16. The lowest BCUT2D eigenvalue weighted by Gasteiger charge is -2.03. The SMILES string of the molecule is C/C=C(\Cl)COc1ccccc1. The van der Waals surface area contributed by atoms with E-state index in [-0.39, 0.29) is 0 Å². The fourth-order valence-corrected chi connectivity index (χ4v) is 0.807. The van der Waals surface area contributed by atoms with E-state index in [0.29, 0.717) is 6.61 Å². The van der Waals surface area contributed by atoms with Crippen molar-refractivity contribution in [3.63, 3.8) is 0 Å². The molecular weight excluding hydrogens is 172 g/mol. The Morgan fingerprint density at radius 1 is 1.42 bits per heavy atom. The van der Waals surface area contributed by atoms with Crippen LogP contribution in [0.25, 0.3) is 0 Å². The third-order valence-corrected chi connectivity index (χ3v) is 1.76. The van der Waals surface area contributed by atoms with Crippen LogP contribution in [-0.2, 0) is 0 Å². The number of halogens is 1. The van der Waals surface area contributed by atoms with Crippen LogP contribution in [0.2, 0.25) is 0 Å². The van der Waals surface area contributed by atoms with Crippen molar-refractivity contribution in [1.82, 2.24) is 0 Å². The maximum absolute atomic E-state index is 5.75. The van der Waals surface area contributed by atoms with Gasteiger partial charge in [-0.25, -0.2) is 0 Å². The highest BCUT2D eigenvalue weighted by Crippen LogP contribution is 2.10. The molecule has 0 spiro atoms. The molecule has 0 saturated heterocycles. The van der Waals surface area contributed by atoms with Gasteiger partial charge >= 0.3 is 0 Å². The number of rotatable bonds is 3. The van der Waals surface area contributed by atoms with E-state index < -0.39 is 0 Å². The van der Waals surface area contributed by atoms with Gasteiger partial charge in [0.05, 0.1) is 5.03 Å². The molecule has 1 aromatic carbocycles. The van der Waals surface area contributed by atoms with E-state index in [2.05, 4.69) is 0 Å². The van der Waals surface area contributed by atoms with E-state index >= 15 is 0 Å². The third-order valence-electron chi connectivity index (χ3n) is 1.43. The second-order valence-electron chi connectivity index (χ2n) is 2.34. The van der Waals surface area contributed by atoms with Crippen LogP contribution >= 0.6 is 11.6 Å². The molecule has 0 amide bonds. The van der Waals surface area contributed by atoms with Crippen molar-refractivity contribution in [3.05, 3.63) is 41.4 Å². The van der Waals surface area contributed by atoms with Gasteiger partial charge in [0, 0.05) is 0 Å². The molecule has 0 bridgehead atoms. The monoisotopic (exact) mass is 182 g/mol. The van der Waals surface area contributed by atoms with Crippen LogP contribution in [0.1, 0.15) is 6.92 Å².